The molecule has 0 unspecified atom stereocenters. The zero-order valence-corrected chi connectivity index (χ0v) is 8.21. The van der Waals surface area contributed by atoms with Gasteiger partial charge in [-0.15, -0.1) is 0 Å². The SMILES string of the molecule is CCC([SiH3])(NC)NC. The van der Waals surface area contributed by atoms with E-state index in [1.807, 2.05) is 14.1 Å². The van der Waals surface area contributed by atoms with Crippen LogP contribution in [-0.4, -0.2) is 29.6 Å². The summed E-state index contributed by atoms with van der Waals surface area (Å²) in [4.78, 5) is 0. The van der Waals surface area contributed by atoms with E-state index in [2.05, 4.69) is 17.6 Å². The summed E-state index contributed by atoms with van der Waals surface area (Å²) in [5.74, 6) is 0. The van der Waals surface area contributed by atoms with E-state index in [9.17, 15) is 0 Å². The predicted molar refractivity (Wildman–Crippen MR) is 41.1 cm³/mol. The minimum Gasteiger partial charge on any atom is -0.306 e. The molecule has 0 aromatic rings. The molecule has 0 aromatic heterocycles. The van der Waals surface area contributed by atoms with Gasteiger partial charge in [-0.05, 0) is 20.5 Å². The van der Waals surface area contributed by atoms with Crippen molar-refractivity contribution in [3.63, 3.8) is 0 Å². The predicted octanol–water partition coefficient (Wildman–Crippen LogP) is -1.15. The van der Waals surface area contributed by atoms with Gasteiger partial charge in [0.25, 0.3) is 0 Å². The standard InChI is InChI=1S/C5H16N2Si/c1-4-5(8,6-2)7-3/h6-7H,4H2,1-3,8H3. The van der Waals surface area contributed by atoms with Crippen molar-refractivity contribution < 1.29 is 0 Å². The molecular weight excluding hydrogens is 116 g/mol. The molecule has 2 nitrogen and oxygen atoms in total. The Balaban J connectivity index is 3.58. The molecule has 0 rings (SSSR count). The van der Waals surface area contributed by atoms with E-state index < -0.39 is 0 Å². The first kappa shape index (κ1) is 8.14. The minimum atomic E-state index is 0.264. The lowest BCUT2D eigenvalue weighted by Crippen LogP contribution is -2.53. The monoisotopic (exact) mass is 132 g/mol. The molecule has 0 fully saturated rings. The van der Waals surface area contributed by atoms with Crippen molar-refractivity contribution in [2.45, 2.75) is 18.6 Å². The van der Waals surface area contributed by atoms with Crippen LogP contribution in [0.25, 0.3) is 0 Å². The third-order valence-corrected chi connectivity index (χ3v) is 3.52. The summed E-state index contributed by atoms with van der Waals surface area (Å²) in [7, 11) is 5.13. The van der Waals surface area contributed by atoms with Gasteiger partial charge in [-0.25, -0.2) is 0 Å². The normalized spacial score (nSPS) is 12.4. The second-order valence-corrected chi connectivity index (χ2v) is 3.89. The van der Waals surface area contributed by atoms with E-state index in [-0.39, 0.29) is 5.29 Å². The first-order chi connectivity index (χ1) is 3.68. The van der Waals surface area contributed by atoms with Crippen molar-refractivity contribution in [3.05, 3.63) is 0 Å². The molecule has 3 heteroatoms. The van der Waals surface area contributed by atoms with Crippen LogP contribution < -0.4 is 10.6 Å². The molecule has 0 atom stereocenters. The van der Waals surface area contributed by atoms with Crippen LogP contribution in [0.5, 0.6) is 0 Å². The Morgan fingerprint density at radius 1 is 1.38 bits per heavy atom. The van der Waals surface area contributed by atoms with Crippen LogP contribution in [0.4, 0.5) is 0 Å². The highest BCUT2D eigenvalue weighted by Crippen LogP contribution is 1.95. The average molecular weight is 132 g/mol. The molecule has 0 spiro atoms. The Morgan fingerprint density at radius 2 is 1.75 bits per heavy atom. The summed E-state index contributed by atoms with van der Waals surface area (Å²) in [6.07, 6.45) is 1.16. The molecule has 0 radical (unpaired) electrons. The van der Waals surface area contributed by atoms with Crippen LogP contribution >= 0.6 is 0 Å². The molecule has 2 N–H and O–H groups in total. The lowest BCUT2D eigenvalue weighted by Gasteiger charge is -2.26. The number of hydrogen-bond donors (Lipinski definition) is 2. The highest BCUT2D eigenvalue weighted by atomic mass is 28.1. The number of rotatable bonds is 3. The zero-order valence-electron chi connectivity index (χ0n) is 6.21. The maximum Gasteiger partial charge on any atom is 0.0464 e. The van der Waals surface area contributed by atoms with Crippen molar-refractivity contribution in [3.8, 4) is 0 Å². The van der Waals surface area contributed by atoms with E-state index >= 15 is 0 Å². The summed E-state index contributed by atoms with van der Waals surface area (Å²) in [6, 6.07) is 0. The van der Waals surface area contributed by atoms with Gasteiger partial charge in [-0.2, -0.15) is 0 Å². The lowest BCUT2D eigenvalue weighted by molar-refractivity contribution is 0.417. The second-order valence-electron chi connectivity index (χ2n) is 2.19. The highest BCUT2D eigenvalue weighted by Gasteiger charge is 2.13. The lowest BCUT2D eigenvalue weighted by atomic mass is 10.4. The molecule has 0 aliphatic rings. The Kier molecular flexibility index (Phi) is 3.27. The van der Waals surface area contributed by atoms with Gasteiger partial charge in [0.15, 0.2) is 0 Å². The first-order valence-corrected chi connectivity index (χ1v) is 4.06. The Bertz CT molecular complexity index is 53.2. The van der Waals surface area contributed by atoms with E-state index in [4.69, 9.17) is 0 Å². The Hall–Kier alpha value is 0.137. The van der Waals surface area contributed by atoms with E-state index in [1.54, 1.807) is 0 Å². The maximum atomic E-state index is 3.23. The van der Waals surface area contributed by atoms with Gasteiger partial charge < -0.3 is 10.6 Å². The third kappa shape index (κ3) is 1.94. The van der Waals surface area contributed by atoms with Gasteiger partial charge in [0, 0.05) is 15.5 Å². The van der Waals surface area contributed by atoms with Gasteiger partial charge in [-0.1, -0.05) is 6.92 Å². The molecule has 0 bridgehead atoms. The van der Waals surface area contributed by atoms with Crippen LogP contribution in [0.2, 0.25) is 0 Å². The fourth-order valence-corrected chi connectivity index (χ4v) is 0.479. The second kappa shape index (κ2) is 3.22. The fourth-order valence-electron chi connectivity index (χ4n) is 0.479. The van der Waals surface area contributed by atoms with E-state index in [0.29, 0.717) is 0 Å². The fraction of sp³-hybridized carbons (Fsp3) is 1.00. The summed E-state index contributed by atoms with van der Waals surface area (Å²) in [5, 5.41) is 6.72. The zero-order chi connectivity index (χ0) is 6.62. The van der Waals surface area contributed by atoms with Gasteiger partial charge in [0.2, 0.25) is 0 Å². The van der Waals surface area contributed by atoms with Crippen molar-refractivity contribution in [2.75, 3.05) is 14.1 Å². The Labute approximate surface area is 54.5 Å². The van der Waals surface area contributed by atoms with Gasteiger partial charge in [0.05, 0.1) is 0 Å². The highest BCUT2D eigenvalue weighted by molar-refractivity contribution is 6.14. The summed E-state index contributed by atoms with van der Waals surface area (Å²) >= 11 is 0. The average Bonchev–Trinajstić information content (AvgIpc) is 1.87. The van der Waals surface area contributed by atoms with Crippen LogP contribution in [0.1, 0.15) is 13.3 Å². The minimum absolute atomic E-state index is 0.264. The molecular formula is C5H16N2Si. The topological polar surface area (TPSA) is 24.1 Å². The third-order valence-electron chi connectivity index (χ3n) is 1.81. The summed E-state index contributed by atoms with van der Waals surface area (Å²) in [5.41, 5.74) is 0. The molecule has 0 saturated carbocycles. The molecule has 0 amide bonds. The number of hydrogen-bond acceptors (Lipinski definition) is 2. The molecule has 0 aromatic carbocycles. The van der Waals surface area contributed by atoms with Crippen LogP contribution in [0.15, 0.2) is 0 Å². The molecule has 0 heterocycles. The van der Waals surface area contributed by atoms with E-state index in [1.165, 1.54) is 0 Å². The summed E-state index contributed by atoms with van der Waals surface area (Å²) in [6.45, 7) is 2.18. The molecule has 0 aliphatic carbocycles. The van der Waals surface area contributed by atoms with Gasteiger partial charge >= 0.3 is 0 Å². The summed E-state index contributed by atoms with van der Waals surface area (Å²) < 4.78 is 0. The van der Waals surface area contributed by atoms with Gasteiger partial charge in [-0.3, -0.25) is 0 Å². The maximum absolute atomic E-state index is 3.23. The van der Waals surface area contributed by atoms with Crippen molar-refractivity contribution in [1.82, 2.24) is 10.6 Å². The van der Waals surface area contributed by atoms with Crippen LogP contribution in [-0.2, 0) is 0 Å². The largest absolute Gasteiger partial charge is 0.306 e. The van der Waals surface area contributed by atoms with Crippen LogP contribution in [0.3, 0.4) is 0 Å². The number of nitrogens with one attached hydrogen (secondary N) is 2. The first-order valence-electron chi connectivity index (χ1n) is 3.06. The Morgan fingerprint density at radius 3 is 1.75 bits per heavy atom. The van der Waals surface area contributed by atoms with Crippen molar-refractivity contribution >= 4 is 10.2 Å². The molecule has 50 valence electrons. The smallest absolute Gasteiger partial charge is 0.0464 e. The molecule has 0 saturated heterocycles. The molecule has 0 aliphatic heterocycles. The molecule has 8 heavy (non-hydrogen) atoms. The van der Waals surface area contributed by atoms with Gasteiger partial charge in [0.1, 0.15) is 0 Å². The quantitative estimate of drug-likeness (QED) is 0.374. The van der Waals surface area contributed by atoms with Crippen molar-refractivity contribution in [1.29, 1.82) is 0 Å². The van der Waals surface area contributed by atoms with Crippen molar-refractivity contribution in [2.24, 2.45) is 0 Å². The van der Waals surface area contributed by atoms with E-state index in [0.717, 1.165) is 16.7 Å². The van der Waals surface area contributed by atoms with Crippen LogP contribution in [0, 0.1) is 0 Å².